The molecule has 1 aromatic heterocycles. The third-order valence-corrected chi connectivity index (χ3v) is 6.54. The van der Waals surface area contributed by atoms with Crippen LogP contribution in [0.5, 0.6) is 0 Å². The zero-order valence-corrected chi connectivity index (χ0v) is 19.3. The zero-order valence-electron chi connectivity index (χ0n) is 17.7. The summed E-state index contributed by atoms with van der Waals surface area (Å²) in [6.45, 7) is 5.04. The maximum Gasteiger partial charge on any atom is 0.261 e. The van der Waals surface area contributed by atoms with E-state index in [1.54, 1.807) is 6.07 Å². The Kier molecular flexibility index (Phi) is 6.83. The van der Waals surface area contributed by atoms with Crippen molar-refractivity contribution in [3.05, 3.63) is 74.7 Å². The fraction of sp³-hybridized carbons (Fsp3) is 0.375. The summed E-state index contributed by atoms with van der Waals surface area (Å²) in [5.74, 6) is -0.0444. The number of aryl methyl sites for hydroxylation is 1. The molecular formula is C24H27BrN4O2. The highest BCUT2D eigenvalue weighted by Gasteiger charge is 2.22. The predicted molar refractivity (Wildman–Crippen MR) is 126 cm³/mol. The number of amides is 1. The molecule has 1 amide bonds. The minimum absolute atomic E-state index is 0.0444. The second kappa shape index (κ2) is 9.75. The number of carbonyl (C=O) groups is 1. The van der Waals surface area contributed by atoms with Crippen LogP contribution in [0, 0.1) is 0 Å². The molecule has 1 atom stereocenters. The predicted octanol–water partition coefficient (Wildman–Crippen LogP) is 3.50. The van der Waals surface area contributed by atoms with Crippen LogP contribution in [0.1, 0.15) is 30.9 Å². The number of nitrogens with zero attached hydrogens (tertiary/aromatic N) is 3. The first-order chi connectivity index (χ1) is 15.0. The number of fused-ring (bicyclic) bond motifs is 2. The SMILES string of the molecule is CCC(CNC(=O)CCn1cnc2ccc(Br)cc2c1=O)N1CCc2ccccc2C1. The molecule has 1 N–H and O–H groups in total. The number of carbonyl (C=O) groups excluding carboxylic acids is 1. The van der Waals surface area contributed by atoms with Crippen molar-refractivity contribution in [2.75, 3.05) is 13.1 Å². The van der Waals surface area contributed by atoms with Gasteiger partial charge in [-0.05, 0) is 42.2 Å². The molecule has 0 fully saturated rings. The molecule has 3 aromatic rings. The van der Waals surface area contributed by atoms with Gasteiger partial charge in [0.25, 0.3) is 5.56 Å². The molecule has 0 spiro atoms. The lowest BCUT2D eigenvalue weighted by Gasteiger charge is -2.35. The fourth-order valence-corrected chi connectivity index (χ4v) is 4.55. The number of halogens is 1. The normalized spacial score (nSPS) is 14.9. The first-order valence-corrected chi connectivity index (χ1v) is 11.6. The van der Waals surface area contributed by atoms with E-state index in [-0.39, 0.29) is 17.9 Å². The fourth-order valence-electron chi connectivity index (χ4n) is 4.19. The van der Waals surface area contributed by atoms with Gasteiger partial charge >= 0.3 is 0 Å². The average Bonchev–Trinajstić information content (AvgIpc) is 2.79. The molecule has 0 bridgehead atoms. The van der Waals surface area contributed by atoms with Gasteiger partial charge in [0.15, 0.2) is 0 Å². The summed E-state index contributed by atoms with van der Waals surface area (Å²) in [5, 5.41) is 3.62. The molecule has 2 heterocycles. The van der Waals surface area contributed by atoms with Crippen LogP contribution in [0.4, 0.5) is 0 Å². The first kappa shape index (κ1) is 21.7. The highest BCUT2D eigenvalue weighted by Crippen LogP contribution is 2.21. The summed E-state index contributed by atoms with van der Waals surface area (Å²) in [6, 6.07) is 14.3. The van der Waals surface area contributed by atoms with E-state index in [2.05, 4.69) is 62.3 Å². The molecule has 0 saturated carbocycles. The smallest absolute Gasteiger partial charge is 0.261 e. The van der Waals surface area contributed by atoms with Gasteiger partial charge in [-0.3, -0.25) is 19.1 Å². The van der Waals surface area contributed by atoms with E-state index >= 15 is 0 Å². The molecule has 0 aliphatic carbocycles. The van der Waals surface area contributed by atoms with Crippen molar-refractivity contribution in [3.63, 3.8) is 0 Å². The molecule has 2 aromatic carbocycles. The Bertz CT molecular complexity index is 1140. The van der Waals surface area contributed by atoms with E-state index in [1.165, 1.54) is 22.0 Å². The Balaban J connectivity index is 1.32. The van der Waals surface area contributed by atoms with Crippen molar-refractivity contribution in [1.29, 1.82) is 0 Å². The largest absolute Gasteiger partial charge is 0.354 e. The maximum atomic E-state index is 12.7. The first-order valence-electron chi connectivity index (χ1n) is 10.8. The molecule has 6 nitrogen and oxygen atoms in total. The van der Waals surface area contributed by atoms with E-state index in [4.69, 9.17) is 0 Å². The van der Waals surface area contributed by atoms with E-state index in [1.807, 2.05) is 12.1 Å². The zero-order chi connectivity index (χ0) is 21.8. The van der Waals surface area contributed by atoms with Crippen LogP contribution in [-0.2, 0) is 24.3 Å². The summed E-state index contributed by atoms with van der Waals surface area (Å²) in [6.07, 6.45) is 3.80. The van der Waals surface area contributed by atoms with Gasteiger partial charge in [0.1, 0.15) is 0 Å². The molecule has 1 aliphatic heterocycles. The van der Waals surface area contributed by atoms with Crippen molar-refractivity contribution in [3.8, 4) is 0 Å². The van der Waals surface area contributed by atoms with Crippen LogP contribution >= 0.6 is 15.9 Å². The van der Waals surface area contributed by atoms with Crippen LogP contribution in [0.3, 0.4) is 0 Å². The third-order valence-electron chi connectivity index (χ3n) is 6.05. The Labute approximate surface area is 190 Å². The second-order valence-corrected chi connectivity index (χ2v) is 8.93. The van der Waals surface area contributed by atoms with Gasteiger partial charge in [0.05, 0.1) is 17.2 Å². The Hall–Kier alpha value is -2.51. The Morgan fingerprint density at radius 2 is 2.03 bits per heavy atom. The number of benzene rings is 2. The second-order valence-electron chi connectivity index (χ2n) is 8.01. The summed E-state index contributed by atoms with van der Waals surface area (Å²) in [5.41, 5.74) is 3.34. The summed E-state index contributed by atoms with van der Waals surface area (Å²) in [7, 11) is 0. The van der Waals surface area contributed by atoms with Gasteiger partial charge in [0.2, 0.25) is 5.91 Å². The van der Waals surface area contributed by atoms with Crippen molar-refractivity contribution in [2.24, 2.45) is 0 Å². The average molecular weight is 483 g/mol. The van der Waals surface area contributed by atoms with Gasteiger partial charge in [-0.1, -0.05) is 47.1 Å². The summed E-state index contributed by atoms with van der Waals surface area (Å²) < 4.78 is 2.34. The van der Waals surface area contributed by atoms with E-state index < -0.39 is 0 Å². The van der Waals surface area contributed by atoms with Crippen LogP contribution in [0.2, 0.25) is 0 Å². The quantitative estimate of drug-likeness (QED) is 0.559. The number of hydrogen-bond acceptors (Lipinski definition) is 4. The number of hydrogen-bond donors (Lipinski definition) is 1. The van der Waals surface area contributed by atoms with Crippen molar-refractivity contribution >= 4 is 32.7 Å². The lowest BCUT2D eigenvalue weighted by Crippen LogP contribution is -2.45. The molecule has 0 saturated heterocycles. The maximum absolute atomic E-state index is 12.7. The third kappa shape index (κ3) is 5.05. The van der Waals surface area contributed by atoms with E-state index in [0.717, 1.165) is 30.4 Å². The summed E-state index contributed by atoms with van der Waals surface area (Å²) >= 11 is 3.39. The highest BCUT2D eigenvalue weighted by atomic mass is 79.9. The number of rotatable bonds is 7. The van der Waals surface area contributed by atoms with Crippen LogP contribution < -0.4 is 10.9 Å². The molecule has 1 unspecified atom stereocenters. The minimum atomic E-state index is -0.127. The molecular weight excluding hydrogens is 456 g/mol. The number of aromatic nitrogens is 2. The monoisotopic (exact) mass is 482 g/mol. The van der Waals surface area contributed by atoms with Crippen molar-refractivity contribution in [1.82, 2.24) is 19.8 Å². The molecule has 162 valence electrons. The van der Waals surface area contributed by atoms with Gasteiger partial charge in [-0.2, -0.15) is 0 Å². The minimum Gasteiger partial charge on any atom is -0.354 e. The van der Waals surface area contributed by atoms with Crippen molar-refractivity contribution in [2.45, 2.75) is 45.3 Å². The summed E-state index contributed by atoms with van der Waals surface area (Å²) in [4.78, 5) is 31.9. The lowest BCUT2D eigenvalue weighted by atomic mass is 9.98. The standard InChI is InChI=1S/C24H27BrN4O2/c1-2-20(28-11-9-17-5-3-4-6-18(17)15-28)14-26-23(30)10-12-29-16-27-22-8-7-19(25)13-21(22)24(29)31/h3-8,13,16,20H,2,9-12,14-15H2,1H3,(H,26,30). The van der Waals surface area contributed by atoms with Gasteiger partial charge in [0, 0.05) is 43.1 Å². The van der Waals surface area contributed by atoms with E-state index in [0.29, 0.717) is 30.0 Å². The van der Waals surface area contributed by atoms with Crippen LogP contribution in [0.25, 0.3) is 10.9 Å². The van der Waals surface area contributed by atoms with Gasteiger partial charge in [-0.25, -0.2) is 4.98 Å². The van der Waals surface area contributed by atoms with Gasteiger partial charge in [-0.15, -0.1) is 0 Å². The van der Waals surface area contributed by atoms with Crippen molar-refractivity contribution < 1.29 is 4.79 Å². The van der Waals surface area contributed by atoms with Gasteiger partial charge < -0.3 is 5.32 Å². The molecule has 7 heteroatoms. The van der Waals surface area contributed by atoms with Crippen LogP contribution in [0.15, 0.2) is 58.1 Å². The molecule has 0 radical (unpaired) electrons. The topological polar surface area (TPSA) is 67.2 Å². The van der Waals surface area contributed by atoms with E-state index in [9.17, 15) is 9.59 Å². The lowest BCUT2D eigenvalue weighted by molar-refractivity contribution is -0.121. The van der Waals surface area contributed by atoms with Crippen LogP contribution in [-0.4, -0.2) is 39.5 Å². The Morgan fingerprint density at radius 3 is 2.84 bits per heavy atom. The molecule has 1 aliphatic rings. The highest BCUT2D eigenvalue weighted by molar-refractivity contribution is 9.10. The number of nitrogens with one attached hydrogen (secondary N) is 1. The molecule has 31 heavy (non-hydrogen) atoms. The molecule has 4 rings (SSSR count). The Morgan fingerprint density at radius 1 is 1.23 bits per heavy atom.